The molecule has 0 unspecified atom stereocenters. The summed E-state index contributed by atoms with van der Waals surface area (Å²) in [6.07, 6.45) is 2.91. The fraction of sp³-hybridized carbons (Fsp3) is 0.400. The van der Waals surface area contributed by atoms with Crippen molar-refractivity contribution in [2.45, 2.75) is 13.5 Å². The van der Waals surface area contributed by atoms with Gasteiger partial charge in [-0.05, 0) is 25.1 Å². The lowest BCUT2D eigenvalue weighted by Gasteiger charge is -2.35. The van der Waals surface area contributed by atoms with Crippen molar-refractivity contribution in [1.82, 2.24) is 20.1 Å². The summed E-state index contributed by atoms with van der Waals surface area (Å²) >= 11 is 0. The topological polar surface area (TPSA) is 45.2 Å². The van der Waals surface area contributed by atoms with Gasteiger partial charge in [0.2, 0.25) is 0 Å². The molecule has 3 heterocycles. The maximum atomic E-state index is 13.6. The van der Waals surface area contributed by atoms with Crippen LogP contribution in [0.3, 0.4) is 0 Å². The minimum atomic E-state index is -0.232. The number of nitrogens with zero attached hydrogens (tertiary/aromatic N) is 5. The van der Waals surface area contributed by atoms with Crippen molar-refractivity contribution in [2.24, 2.45) is 0 Å². The normalized spacial score (nSPS) is 16.2. The first-order valence-electron chi connectivity index (χ1n) is 7.08. The second-order valence-electron chi connectivity index (χ2n) is 5.26. The van der Waals surface area contributed by atoms with Gasteiger partial charge < -0.3 is 4.90 Å². The molecule has 2 aromatic rings. The van der Waals surface area contributed by atoms with E-state index in [9.17, 15) is 4.39 Å². The molecule has 0 spiro atoms. The van der Waals surface area contributed by atoms with Crippen LogP contribution < -0.4 is 4.90 Å². The largest absolute Gasteiger partial charge is 0.353 e. The summed E-state index contributed by atoms with van der Waals surface area (Å²) < 4.78 is 13.6. The number of halogens is 1. The molecule has 1 aliphatic rings. The number of piperazine rings is 1. The van der Waals surface area contributed by atoms with E-state index in [1.165, 1.54) is 6.20 Å². The Balaban J connectivity index is 1.58. The minimum Gasteiger partial charge on any atom is -0.353 e. The van der Waals surface area contributed by atoms with Crippen molar-refractivity contribution in [3.05, 3.63) is 47.7 Å². The van der Waals surface area contributed by atoms with Gasteiger partial charge in [0, 0.05) is 44.5 Å². The highest BCUT2D eigenvalue weighted by atomic mass is 19.1. The molecular formula is C15H18FN5. The van der Waals surface area contributed by atoms with Crippen molar-refractivity contribution in [2.75, 3.05) is 31.1 Å². The van der Waals surface area contributed by atoms with Crippen molar-refractivity contribution < 1.29 is 4.39 Å². The monoisotopic (exact) mass is 287 g/mol. The Morgan fingerprint density at radius 3 is 2.57 bits per heavy atom. The van der Waals surface area contributed by atoms with Crippen LogP contribution in [0.4, 0.5) is 10.2 Å². The van der Waals surface area contributed by atoms with E-state index in [0.717, 1.165) is 37.7 Å². The summed E-state index contributed by atoms with van der Waals surface area (Å²) in [6, 6.07) is 5.72. The maximum absolute atomic E-state index is 13.6. The first-order valence-corrected chi connectivity index (χ1v) is 7.08. The van der Waals surface area contributed by atoms with Crippen LogP contribution in [-0.2, 0) is 6.54 Å². The van der Waals surface area contributed by atoms with Crippen LogP contribution in [0.5, 0.6) is 0 Å². The van der Waals surface area contributed by atoms with Crippen LogP contribution in [0.25, 0.3) is 0 Å². The minimum absolute atomic E-state index is 0.232. The van der Waals surface area contributed by atoms with E-state index in [2.05, 4.69) is 25.0 Å². The van der Waals surface area contributed by atoms with Crippen molar-refractivity contribution in [1.29, 1.82) is 0 Å². The molecule has 0 saturated carbocycles. The lowest BCUT2D eigenvalue weighted by molar-refractivity contribution is 0.246. The molecule has 1 saturated heterocycles. The molecule has 0 N–H and O–H groups in total. The molecule has 1 aliphatic heterocycles. The van der Waals surface area contributed by atoms with E-state index in [4.69, 9.17) is 0 Å². The van der Waals surface area contributed by atoms with Gasteiger partial charge in [0.15, 0.2) is 5.82 Å². The van der Waals surface area contributed by atoms with E-state index >= 15 is 0 Å². The standard InChI is InChI=1S/C15H18FN5/c1-12-2-3-15(19-18-12)21-8-6-20(7-9-21)11-13-4-5-17-10-14(13)16/h2-5,10H,6-9,11H2,1H3. The van der Waals surface area contributed by atoms with Crippen LogP contribution in [0.15, 0.2) is 30.6 Å². The van der Waals surface area contributed by atoms with E-state index < -0.39 is 0 Å². The fourth-order valence-corrected chi connectivity index (χ4v) is 2.47. The number of aryl methyl sites for hydroxylation is 1. The Hall–Kier alpha value is -2.08. The second kappa shape index (κ2) is 6.13. The number of hydrogen-bond donors (Lipinski definition) is 0. The Morgan fingerprint density at radius 2 is 1.90 bits per heavy atom. The summed E-state index contributed by atoms with van der Waals surface area (Å²) in [5.74, 6) is 0.680. The van der Waals surface area contributed by atoms with E-state index in [1.807, 2.05) is 19.1 Å². The van der Waals surface area contributed by atoms with Crippen molar-refractivity contribution in [3.63, 3.8) is 0 Å². The Kier molecular flexibility index (Phi) is 4.06. The predicted octanol–water partition coefficient (Wildman–Crippen LogP) is 1.64. The molecule has 6 heteroatoms. The summed E-state index contributed by atoms with van der Waals surface area (Å²) in [7, 11) is 0. The number of anilines is 1. The van der Waals surface area contributed by atoms with E-state index in [0.29, 0.717) is 12.1 Å². The van der Waals surface area contributed by atoms with Gasteiger partial charge in [0.05, 0.1) is 11.9 Å². The molecule has 0 atom stereocenters. The number of rotatable bonds is 3. The number of hydrogen-bond acceptors (Lipinski definition) is 5. The SMILES string of the molecule is Cc1ccc(N2CCN(Cc3ccncc3F)CC2)nn1. The smallest absolute Gasteiger partial charge is 0.151 e. The average Bonchev–Trinajstić information content (AvgIpc) is 2.51. The van der Waals surface area contributed by atoms with Crippen LogP contribution >= 0.6 is 0 Å². The quantitative estimate of drug-likeness (QED) is 0.859. The predicted molar refractivity (Wildman–Crippen MR) is 78.5 cm³/mol. The van der Waals surface area contributed by atoms with Crippen molar-refractivity contribution >= 4 is 5.82 Å². The molecule has 21 heavy (non-hydrogen) atoms. The molecule has 2 aromatic heterocycles. The zero-order valence-corrected chi connectivity index (χ0v) is 12.0. The van der Waals surface area contributed by atoms with Crippen LogP contribution in [0, 0.1) is 12.7 Å². The molecular weight excluding hydrogens is 269 g/mol. The zero-order valence-electron chi connectivity index (χ0n) is 12.0. The summed E-state index contributed by atoms with van der Waals surface area (Å²) in [5, 5.41) is 8.31. The number of pyridine rings is 1. The number of aromatic nitrogens is 3. The van der Waals surface area contributed by atoms with Gasteiger partial charge in [-0.3, -0.25) is 9.88 Å². The molecule has 0 aromatic carbocycles. The van der Waals surface area contributed by atoms with Gasteiger partial charge in [-0.25, -0.2) is 4.39 Å². The highest BCUT2D eigenvalue weighted by molar-refractivity contribution is 5.37. The molecule has 1 fully saturated rings. The Labute approximate surface area is 123 Å². The Bertz CT molecular complexity index is 593. The molecule has 0 bridgehead atoms. The van der Waals surface area contributed by atoms with Gasteiger partial charge >= 0.3 is 0 Å². The van der Waals surface area contributed by atoms with Crippen LogP contribution in [-0.4, -0.2) is 46.3 Å². The molecule has 0 aliphatic carbocycles. The van der Waals surface area contributed by atoms with Crippen LogP contribution in [0.1, 0.15) is 11.3 Å². The van der Waals surface area contributed by atoms with Gasteiger partial charge in [-0.1, -0.05) is 0 Å². The van der Waals surface area contributed by atoms with Gasteiger partial charge in [-0.2, -0.15) is 5.10 Å². The third-order valence-corrected chi connectivity index (χ3v) is 3.73. The summed E-state index contributed by atoms with van der Waals surface area (Å²) in [6.45, 7) is 6.09. The second-order valence-corrected chi connectivity index (χ2v) is 5.26. The van der Waals surface area contributed by atoms with Crippen molar-refractivity contribution in [3.8, 4) is 0 Å². The third kappa shape index (κ3) is 3.33. The first-order chi connectivity index (χ1) is 10.2. The van der Waals surface area contributed by atoms with E-state index in [1.54, 1.807) is 12.3 Å². The highest BCUT2D eigenvalue weighted by Crippen LogP contribution is 2.15. The molecule has 0 amide bonds. The lowest BCUT2D eigenvalue weighted by atomic mass is 10.2. The van der Waals surface area contributed by atoms with Gasteiger partial charge in [0.25, 0.3) is 0 Å². The van der Waals surface area contributed by atoms with E-state index in [-0.39, 0.29) is 5.82 Å². The third-order valence-electron chi connectivity index (χ3n) is 3.73. The molecule has 110 valence electrons. The first kappa shape index (κ1) is 13.9. The lowest BCUT2D eigenvalue weighted by Crippen LogP contribution is -2.46. The maximum Gasteiger partial charge on any atom is 0.151 e. The zero-order chi connectivity index (χ0) is 14.7. The fourth-order valence-electron chi connectivity index (χ4n) is 2.47. The molecule has 3 rings (SSSR count). The summed E-state index contributed by atoms with van der Waals surface area (Å²) in [5.41, 5.74) is 1.62. The summed E-state index contributed by atoms with van der Waals surface area (Å²) in [4.78, 5) is 8.24. The average molecular weight is 287 g/mol. The van der Waals surface area contributed by atoms with Gasteiger partial charge in [-0.15, -0.1) is 5.10 Å². The van der Waals surface area contributed by atoms with Crippen LogP contribution in [0.2, 0.25) is 0 Å². The molecule has 5 nitrogen and oxygen atoms in total. The molecule has 0 radical (unpaired) electrons. The van der Waals surface area contributed by atoms with Gasteiger partial charge in [0.1, 0.15) is 5.82 Å². The highest BCUT2D eigenvalue weighted by Gasteiger charge is 2.19. The Morgan fingerprint density at radius 1 is 1.10 bits per heavy atom.